The third kappa shape index (κ3) is 2.52. The van der Waals surface area contributed by atoms with E-state index in [1.165, 1.54) is 0 Å². The van der Waals surface area contributed by atoms with Crippen molar-refractivity contribution in [3.05, 3.63) is 36.2 Å². The monoisotopic (exact) mass is 307 g/mol. The van der Waals surface area contributed by atoms with E-state index in [4.69, 9.17) is 5.73 Å². The summed E-state index contributed by atoms with van der Waals surface area (Å²) >= 11 is 0. The highest BCUT2D eigenvalue weighted by molar-refractivity contribution is 5.97. The third-order valence-electron chi connectivity index (χ3n) is 4.14. The molecular formula is C17H17N5O. The Morgan fingerprint density at radius 2 is 2.04 bits per heavy atom. The minimum Gasteiger partial charge on any atom is -0.384 e. The van der Waals surface area contributed by atoms with E-state index in [9.17, 15) is 4.79 Å². The van der Waals surface area contributed by atoms with E-state index in [1.807, 2.05) is 31.3 Å². The average molecular weight is 307 g/mol. The second-order valence-corrected chi connectivity index (χ2v) is 5.93. The van der Waals surface area contributed by atoms with Gasteiger partial charge in [0.15, 0.2) is 0 Å². The molecule has 1 saturated carbocycles. The van der Waals surface area contributed by atoms with Gasteiger partial charge < -0.3 is 16.0 Å². The van der Waals surface area contributed by atoms with Crippen molar-refractivity contribution in [2.75, 3.05) is 11.1 Å². The van der Waals surface area contributed by atoms with Crippen molar-refractivity contribution in [1.82, 2.24) is 15.0 Å². The van der Waals surface area contributed by atoms with Gasteiger partial charge in [-0.15, -0.1) is 0 Å². The quantitative estimate of drug-likeness (QED) is 0.693. The van der Waals surface area contributed by atoms with Crippen molar-refractivity contribution in [2.24, 2.45) is 5.92 Å². The van der Waals surface area contributed by atoms with Crippen molar-refractivity contribution < 1.29 is 4.79 Å². The Kier molecular flexibility index (Phi) is 3.04. The number of amides is 1. The molecule has 0 radical (unpaired) electrons. The van der Waals surface area contributed by atoms with Gasteiger partial charge in [-0.1, -0.05) is 0 Å². The minimum atomic E-state index is 0.0576. The zero-order valence-corrected chi connectivity index (χ0v) is 12.8. The standard InChI is InChI=1S/C17H17N5O/c1-9-11(4-6-14(18)20-9)13-8-19-16-12(13)5-7-15(21-16)22-17(23)10-2-3-10/h4-8,10H,2-3H2,1H3,(H2,18,20)(H2,19,21,22,23). The molecule has 3 aromatic heterocycles. The zero-order valence-electron chi connectivity index (χ0n) is 12.8. The molecule has 0 unspecified atom stereocenters. The second kappa shape index (κ2) is 5.08. The molecule has 0 bridgehead atoms. The first-order chi connectivity index (χ1) is 11.1. The number of nitrogens with two attached hydrogens (primary N) is 1. The maximum atomic E-state index is 11.8. The fraction of sp³-hybridized carbons (Fsp3) is 0.235. The lowest BCUT2D eigenvalue weighted by atomic mass is 10.0. The normalized spacial score (nSPS) is 14.1. The molecule has 116 valence electrons. The second-order valence-electron chi connectivity index (χ2n) is 5.93. The van der Waals surface area contributed by atoms with Crippen LogP contribution in [0.2, 0.25) is 0 Å². The van der Waals surface area contributed by atoms with Crippen molar-refractivity contribution in [2.45, 2.75) is 19.8 Å². The number of nitrogens with zero attached hydrogens (tertiary/aromatic N) is 2. The average Bonchev–Trinajstić information content (AvgIpc) is 3.29. The molecule has 0 aromatic carbocycles. The largest absolute Gasteiger partial charge is 0.384 e. The number of carbonyl (C=O) groups is 1. The number of rotatable bonds is 3. The number of aromatic amines is 1. The molecule has 23 heavy (non-hydrogen) atoms. The molecule has 4 N–H and O–H groups in total. The van der Waals surface area contributed by atoms with Crippen LogP contribution in [0.1, 0.15) is 18.5 Å². The number of anilines is 2. The Morgan fingerprint density at radius 3 is 2.78 bits per heavy atom. The van der Waals surface area contributed by atoms with Crippen molar-refractivity contribution in [3.8, 4) is 11.1 Å². The summed E-state index contributed by atoms with van der Waals surface area (Å²) in [5, 5.41) is 3.85. The smallest absolute Gasteiger partial charge is 0.228 e. The van der Waals surface area contributed by atoms with Crippen LogP contribution in [0.3, 0.4) is 0 Å². The SMILES string of the molecule is Cc1nc(N)ccc1-c1c[nH]c2nc(NC(=O)C3CC3)ccc12. The van der Waals surface area contributed by atoms with Gasteiger partial charge in [0.2, 0.25) is 5.91 Å². The van der Waals surface area contributed by atoms with E-state index >= 15 is 0 Å². The van der Waals surface area contributed by atoms with Gasteiger partial charge in [-0.2, -0.15) is 0 Å². The number of aryl methyl sites for hydroxylation is 1. The number of hydrogen-bond acceptors (Lipinski definition) is 4. The van der Waals surface area contributed by atoms with E-state index in [0.717, 1.165) is 40.7 Å². The lowest BCUT2D eigenvalue weighted by Crippen LogP contribution is -2.14. The molecule has 0 atom stereocenters. The van der Waals surface area contributed by atoms with Gasteiger partial charge in [0, 0.05) is 34.3 Å². The summed E-state index contributed by atoms with van der Waals surface area (Å²) in [4.78, 5) is 23.8. The van der Waals surface area contributed by atoms with E-state index in [-0.39, 0.29) is 11.8 Å². The molecule has 0 saturated heterocycles. The fourth-order valence-electron chi connectivity index (χ4n) is 2.74. The van der Waals surface area contributed by atoms with Crippen LogP contribution in [0.5, 0.6) is 0 Å². The Balaban J connectivity index is 1.71. The highest BCUT2D eigenvalue weighted by atomic mass is 16.2. The number of nitrogen functional groups attached to an aromatic ring is 1. The number of pyridine rings is 2. The van der Waals surface area contributed by atoms with Crippen LogP contribution in [-0.2, 0) is 4.79 Å². The summed E-state index contributed by atoms with van der Waals surface area (Å²) in [6.07, 6.45) is 3.86. The first kappa shape index (κ1) is 13.8. The highest BCUT2D eigenvalue weighted by Gasteiger charge is 2.29. The molecule has 1 amide bonds. The Bertz CT molecular complexity index is 910. The molecule has 3 heterocycles. The zero-order chi connectivity index (χ0) is 16.0. The third-order valence-corrected chi connectivity index (χ3v) is 4.14. The molecule has 1 aliphatic rings. The van der Waals surface area contributed by atoms with Crippen LogP contribution < -0.4 is 11.1 Å². The van der Waals surface area contributed by atoms with Gasteiger partial charge in [-0.25, -0.2) is 9.97 Å². The number of hydrogen-bond donors (Lipinski definition) is 3. The molecule has 0 spiro atoms. The van der Waals surface area contributed by atoms with Crippen molar-refractivity contribution in [3.63, 3.8) is 0 Å². The molecule has 0 aliphatic heterocycles. The predicted molar refractivity (Wildman–Crippen MR) is 89.8 cm³/mol. The first-order valence-electron chi connectivity index (χ1n) is 7.64. The summed E-state index contributed by atoms with van der Waals surface area (Å²) in [6.45, 7) is 1.93. The van der Waals surface area contributed by atoms with E-state index in [2.05, 4.69) is 20.3 Å². The number of aromatic nitrogens is 3. The Morgan fingerprint density at radius 1 is 1.22 bits per heavy atom. The van der Waals surface area contributed by atoms with Crippen LogP contribution in [0.4, 0.5) is 11.6 Å². The number of fused-ring (bicyclic) bond motifs is 1. The lowest BCUT2D eigenvalue weighted by molar-refractivity contribution is -0.117. The topological polar surface area (TPSA) is 96.7 Å². The molecule has 6 heteroatoms. The predicted octanol–water partition coefficient (Wildman–Crippen LogP) is 2.86. The Hall–Kier alpha value is -2.89. The van der Waals surface area contributed by atoms with Crippen LogP contribution in [0, 0.1) is 12.8 Å². The summed E-state index contributed by atoms with van der Waals surface area (Å²) in [5.74, 6) is 1.31. The summed E-state index contributed by atoms with van der Waals surface area (Å²) in [6, 6.07) is 7.55. The minimum absolute atomic E-state index is 0.0576. The van der Waals surface area contributed by atoms with Crippen LogP contribution >= 0.6 is 0 Å². The number of H-pyrrole nitrogens is 1. The maximum Gasteiger partial charge on any atom is 0.228 e. The fourth-order valence-corrected chi connectivity index (χ4v) is 2.74. The van der Waals surface area contributed by atoms with E-state index in [0.29, 0.717) is 11.6 Å². The van der Waals surface area contributed by atoms with Gasteiger partial charge >= 0.3 is 0 Å². The Labute approximate surface area is 133 Å². The molecule has 1 aliphatic carbocycles. The van der Waals surface area contributed by atoms with E-state index in [1.54, 1.807) is 6.07 Å². The number of nitrogens with one attached hydrogen (secondary N) is 2. The summed E-state index contributed by atoms with van der Waals surface area (Å²) < 4.78 is 0. The van der Waals surface area contributed by atoms with Gasteiger partial charge in [0.1, 0.15) is 17.3 Å². The van der Waals surface area contributed by atoms with Crippen LogP contribution in [0.25, 0.3) is 22.2 Å². The highest BCUT2D eigenvalue weighted by Crippen LogP contribution is 2.32. The van der Waals surface area contributed by atoms with Crippen molar-refractivity contribution in [1.29, 1.82) is 0 Å². The lowest BCUT2D eigenvalue weighted by Gasteiger charge is -2.06. The van der Waals surface area contributed by atoms with Crippen LogP contribution in [-0.4, -0.2) is 20.9 Å². The molecule has 1 fully saturated rings. The maximum absolute atomic E-state index is 11.8. The number of carbonyl (C=O) groups excluding carboxylic acids is 1. The molecular weight excluding hydrogens is 290 g/mol. The van der Waals surface area contributed by atoms with Gasteiger partial charge in [0.25, 0.3) is 0 Å². The van der Waals surface area contributed by atoms with Gasteiger partial charge in [-0.05, 0) is 44.0 Å². The molecule has 6 nitrogen and oxygen atoms in total. The summed E-state index contributed by atoms with van der Waals surface area (Å²) in [5.41, 5.74) is 9.37. The van der Waals surface area contributed by atoms with E-state index < -0.39 is 0 Å². The molecule has 4 rings (SSSR count). The first-order valence-corrected chi connectivity index (χ1v) is 7.64. The van der Waals surface area contributed by atoms with Gasteiger partial charge in [0.05, 0.1) is 0 Å². The van der Waals surface area contributed by atoms with Gasteiger partial charge in [-0.3, -0.25) is 4.79 Å². The van der Waals surface area contributed by atoms with Crippen LogP contribution in [0.15, 0.2) is 30.5 Å². The van der Waals surface area contributed by atoms with Crippen molar-refractivity contribution >= 4 is 28.6 Å². The molecule has 3 aromatic rings. The summed E-state index contributed by atoms with van der Waals surface area (Å²) in [7, 11) is 0.